The molecule has 3 rings (SSSR count). The van der Waals surface area contributed by atoms with Gasteiger partial charge >= 0.3 is 0 Å². The van der Waals surface area contributed by atoms with Gasteiger partial charge in [0, 0.05) is 11.9 Å². The van der Waals surface area contributed by atoms with Crippen molar-refractivity contribution >= 4 is 32.4 Å². The summed E-state index contributed by atoms with van der Waals surface area (Å²) in [6.45, 7) is -0.0829. The average Bonchev–Trinajstić information content (AvgIpc) is 2.54. The lowest BCUT2D eigenvalue weighted by Gasteiger charge is -2.09. The second-order valence-electron chi connectivity index (χ2n) is 4.86. The minimum absolute atomic E-state index is 0.0829. The first kappa shape index (κ1) is 15.3. The van der Waals surface area contributed by atoms with E-state index < -0.39 is 9.84 Å². The molecule has 0 saturated heterocycles. The summed E-state index contributed by atoms with van der Waals surface area (Å²) in [5.74, 6) is 0.359. The highest BCUT2D eigenvalue weighted by Gasteiger charge is 2.14. The van der Waals surface area contributed by atoms with Crippen molar-refractivity contribution in [3.05, 3.63) is 42.4 Å². The predicted molar refractivity (Wildman–Crippen MR) is 83.9 cm³/mol. The predicted octanol–water partition coefficient (Wildman–Crippen LogP) is 1.06. The number of aliphatic hydroxyl groups is 1. The molecule has 0 amide bonds. The molecule has 118 valence electrons. The van der Waals surface area contributed by atoms with E-state index in [0.717, 1.165) is 11.8 Å². The normalized spacial score (nSPS) is 11.6. The fourth-order valence-electron chi connectivity index (χ4n) is 1.99. The van der Waals surface area contributed by atoms with Crippen molar-refractivity contribution in [1.29, 1.82) is 0 Å². The van der Waals surface area contributed by atoms with Crippen molar-refractivity contribution in [3.8, 4) is 0 Å². The monoisotopic (exact) mass is 331 g/mol. The van der Waals surface area contributed by atoms with Crippen LogP contribution in [0.5, 0.6) is 0 Å². The zero-order valence-corrected chi connectivity index (χ0v) is 12.9. The van der Waals surface area contributed by atoms with Gasteiger partial charge in [-0.05, 0) is 17.7 Å². The number of sulfone groups is 1. The molecular formula is C14H13N5O3S. The van der Waals surface area contributed by atoms with Gasteiger partial charge in [0.05, 0.1) is 12.8 Å². The van der Waals surface area contributed by atoms with Crippen LogP contribution in [0.2, 0.25) is 0 Å². The molecule has 0 saturated carbocycles. The van der Waals surface area contributed by atoms with E-state index in [1.807, 2.05) is 0 Å². The van der Waals surface area contributed by atoms with E-state index >= 15 is 0 Å². The van der Waals surface area contributed by atoms with Gasteiger partial charge in [-0.2, -0.15) is 0 Å². The van der Waals surface area contributed by atoms with Crippen LogP contribution in [0.4, 0.5) is 11.5 Å². The minimum atomic E-state index is -3.53. The third-order valence-corrected chi connectivity index (χ3v) is 3.92. The Morgan fingerprint density at radius 3 is 2.78 bits per heavy atom. The van der Waals surface area contributed by atoms with Crippen molar-refractivity contribution < 1.29 is 13.5 Å². The summed E-state index contributed by atoms with van der Waals surface area (Å²) in [6.07, 6.45) is 3.72. The van der Waals surface area contributed by atoms with Crippen LogP contribution in [-0.2, 0) is 16.4 Å². The van der Waals surface area contributed by atoms with Crippen LogP contribution in [0.3, 0.4) is 0 Å². The number of aromatic nitrogens is 4. The molecule has 0 aliphatic heterocycles. The lowest BCUT2D eigenvalue weighted by molar-refractivity contribution is 0.282. The standard InChI is InChI=1S/C14H13N5O3S/c1-23(21,22)14-15-6-11-12(19-14)13(17-8-16-11)18-10-4-2-3-9(5-10)7-20/h2-6,8,20H,7H2,1H3,(H,16,17,18). The Hall–Kier alpha value is -2.65. The fraction of sp³-hybridized carbons (Fsp3) is 0.143. The summed E-state index contributed by atoms with van der Waals surface area (Å²) in [5, 5.41) is 12.0. The van der Waals surface area contributed by atoms with Crippen LogP contribution in [0, 0.1) is 0 Å². The molecule has 8 nitrogen and oxygen atoms in total. The Morgan fingerprint density at radius 2 is 2.04 bits per heavy atom. The Balaban J connectivity index is 2.09. The third-order valence-electron chi connectivity index (χ3n) is 3.06. The van der Waals surface area contributed by atoms with E-state index in [4.69, 9.17) is 0 Å². The molecule has 0 radical (unpaired) electrons. The summed E-state index contributed by atoms with van der Waals surface area (Å²) in [6, 6.07) is 7.12. The summed E-state index contributed by atoms with van der Waals surface area (Å²) in [7, 11) is -3.53. The molecule has 0 bridgehead atoms. The topological polar surface area (TPSA) is 118 Å². The number of nitrogens with one attached hydrogen (secondary N) is 1. The number of rotatable bonds is 4. The van der Waals surface area contributed by atoms with Gasteiger partial charge < -0.3 is 10.4 Å². The van der Waals surface area contributed by atoms with Gasteiger partial charge in [0.25, 0.3) is 0 Å². The summed E-state index contributed by atoms with van der Waals surface area (Å²) >= 11 is 0. The van der Waals surface area contributed by atoms with Gasteiger partial charge in [-0.15, -0.1) is 0 Å². The number of hydrogen-bond donors (Lipinski definition) is 2. The molecule has 2 heterocycles. The molecule has 2 aromatic heterocycles. The molecule has 0 atom stereocenters. The molecule has 23 heavy (non-hydrogen) atoms. The fourth-order valence-corrected chi connectivity index (χ4v) is 2.49. The molecule has 3 aromatic rings. The number of nitrogens with zero attached hydrogens (tertiary/aromatic N) is 4. The quantitative estimate of drug-likeness (QED) is 0.681. The van der Waals surface area contributed by atoms with Gasteiger partial charge in [-0.3, -0.25) is 0 Å². The number of benzene rings is 1. The van der Waals surface area contributed by atoms with E-state index in [-0.39, 0.29) is 11.8 Å². The van der Waals surface area contributed by atoms with Crippen LogP contribution in [-0.4, -0.2) is 39.7 Å². The van der Waals surface area contributed by atoms with Crippen LogP contribution in [0.1, 0.15) is 5.56 Å². The zero-order valence-electron chi connectivity index (χ0n) is 12.1. The minimum Gasteiger partial charge on any atom is -0.392 e. The van der Waals surface area contributed by atoms with Gasteiger partial charge in [0.15, 0.2) is 5.82 Å². The van der Waals surface area contributed by atoms with E-state index in [9.17, 15) is 13.5 Å². The molecule has 0 aliphatic rings. The second kappa shape index (κ2) is 5.86. The summed E-state index contributed by atoms with van der Waals surface area (Å²) in [5.41, 5.74) is 2.15. The molecule has 0 fully saturated rings. The molecule has 0 aliphatic carbocycles. The van der Waals surface area contributed by atoms with E-state index in [0.29, 0.717) is 22.5 Å². The molecule has 0 unspecified atom stereocenters. The first-order valence-corrected chi connectivity index (χ1v) is 8.51. The first-order chi connectivity index (χ1) is 11.0. The van der Waals surface area contributed by atoms with Crippen LogP contribution < -0.4 is 5.32 Å². The summed E-state index contributed by atoms with van der Waals surface area (Å²) in [4.78, 5) is 16.0. The van der Waals surface area contributed by atoms with Crippen molar-refractivity contribution in [3.63, 3.8) is 0 Å². The Kier molecular flexibility index (Phi) is 3.89. The molecular weight excluding hydrogens is 318 g/mol. The molecule has 2 N–H and O–H groups in total. The van der Waals surface area contributed by atoms with Crippen molar-refractivity contribution in [2.75, 3.05) is 11.6 Å². The van der Waals surface area contributed by atoms with E-state index in [2.05, 4.69) is 25.3 Å². The smallest absolute Gasteiger partial charge is 0.247 e. The van der Waals surface area contributed by atoms with Crippen LogP contribution in [0.15, 0.2) is 41.9 Å². The van der Waals surface area contributed by atoms with Crippen LogP contribution >= 0.6 is 0 Å². The van der Waals surface area contributed by atoms with Crippen molar-refractivity contribution in [1.82, 2.24) is 19.9 Å². The van der Waals surface area contributed by atoms with Gasteiger partial charge in [0.2, 0.25) is 15.0 Å². The molecule has 1 aromatic carbocycles. The maximum Gasteiger partial charge on any atom is 0.247 e. The highest BCUT2D eigenvalue weighted by molar-refractivity contribution is 7.90. The molecule has 0 spiro atoms. The average molecular weight is 331 g/mol. The Labute approximate surface area is 132 Å². The molecule has 9 heteroatoms. The highest BCUT2D eigenvalue weighted by atomic mass is 32.2. The summed E-state index contributed by atoms with van der Waals surface area (Å²) < 4.78 is 23.2. The number of fused-ring (bicyclic) bond motifs is 1. The number of anilines is 2. The lowest BCUT2D eigenvalue weighted by atomic mass is 10.2. The van der Waals surface area contributed by atoms with E-state index in [1.54, 1.807) is 24.3 Å². The highest BCUT2D eigenvalue weighted by Crippen LogP contribution is 2.22. The van der Waals surface area contributed by atoms with Crippen molar-refractivity contribution in [2.24, 2.45) is 0 Å². The van der Waals surface area contributed by atoms with Crippen molar-refractivity contribution in [2.45, 2.75) is 11.8 Å². The van der Waals surface area contributed by atoms with Gasteiger partial charge in [0.1, 0.15) is 17.4 Å². The second-order valence-corrected chi connectivity index (χ2v) is 6.77. The number of aliphatic hydroxyl groups excluding tert-OH is 1. The van der Waals surface area contributed by atoms with Crippen LogP contribution in [0.25, 0.3) is 11.0 Å². The van der Waals surface area contributed by atoms with E-state index in [1.165, 1.54) is 12.5 Å². The maximum atomic E-state index is 11.6. The SMILES string of the molecule is CS(=O)(=O)c1ncc2ncnc(Nc3cccc(CO)c3)c2n1. The van der Waals surface area contributed by atoms with Gasteiger partial charge in [-0.1, -0.05) is 12.1 Å². The Morgan fingerprint density at radius 1 is 1.22 bits per heavy atom. The third kappa shape index (κ3) is 3.25. The largest absolute Gasteiger partial charge is 0.392 e. The van der Waals surface area contributed by atoms with Gasteiger partial charge in [-0.25, -0.2) is 28.4 Å². The first-order valence-electron chi connectivity index (χ1n) is 6.62. The Bertz CT molecular complexity index is 975. The zero-order chi connectivity index (χ0) is 16.4. The lowest BCUT2D eigenvalue weighted by Crippen LogP contribution is -2.06. The maximum absolute atomic E-state index is 11.6. The number of hydrogen-bond acceptors (Lipinski definition) is 8.